The molecule has 0 bridgehead atoms. The maximum absolute atomic E-state index is 5.22. The van der Waals surface area contributed by atoms with Crippen molar-refractivity contribution in [2.24, 2.45) is 0 Å². The van der Waals surface area contributed by atoms with E-state index < -0.39 is 0 Å². The second kappa shape index (κ2) is 8.19. The van der Waals surface area contributed by atoms with Gasteiger partial charge in [0.2, 0.25) is 0 Å². The zero-order chi connectivity index (χ0) is 19.3. The third kappa shape index (κ3) is 4.18. The third-order valence-corrected chi connectivity index (χ3v) is 4.55. The number of anilines is 2. The van der Waals surface area contributed by atoms with Gasteiger partial charge in [-0.2, -0.15) is 0 Å². The second-order valence-electron chi connectivity index (χ2n) is 6.07. The molecule has 0 radical (unpaired) electrons. The zero-order valence-corrected chi connectivity index (χ0v) is 16.7. The van der Waals surface area contributed by atoms with Crippen molar-refractivity contribution < 1.29 is 4.74 Å². The number of rotatable bonds is 5. The van der Waals surface area contributed by atoms with E-state index in [1.807, 2.05) is 66.7 Å². The Hall–Kier alpha value is -3.25. The maximum Gasteiger partial charge on any atom is 0.162 e. The number of nitrogens with one attached hydrogen (secondary N) is 1. The molecule has 0 amide bonds. The first-order chi connectivity index (χ1) is 13.7. The summed E-state index contributed by atoms with van der Waals surface area (Å²) in [6.07, 6.45) is 3.54. The minimum atomic E-state index is 0.647. The summed E-state index contributed by atoms with van der Waals surface area (Å²) < 4.78 is 6.12. The van der Waals surface area contributed by atoms with Crippen molar-refractivity contribution in [3.8, 4) is 28.4 Å². The van der Waals surface area contributed by atoms with E-state index >= 15 is 0 Å². The van der Waals surface area contributed by atoms with Crippen LogP contribution in [0.1, 0.15) is 0 Å². The number of methoxy groups -OCH3 is 1. The molecule has 0 atom stereocenters. The summed E-state index contributed by atoms with van der Waals surface area (Å²) in [6.45, 7) is 0. The number of hydrogen-bond donors (Lipinski definition) is 1. The average molecular weight is 433 g/mol. The van der Waals surface area contributed by atoms with Crippen LogP contribution in [0.2, 0.25) is 0 Å². The van der Waals surface area contributed by atoms with Gasteiger partial charge in [0.25, 0.3) is 0 Å². The molecule has 4 aromatic rings. The van der Waals surface area contributed by atoms with Gasteiger partial charge < -0.3 is 10.1 Å². The van der Waals surface area contributed by atoms with E-state index in [-0.39, 0.29) is 0 Å². The Morgan fingerprint density at radius 2 is 1.64 bits per heavy atom. The van der Waals surface area contributed by atoms with E-state index in [4.69, 9.17) is 14.7 Å². The zero-order valence-electron chi connectivity index (χ0n) is 15.1. The van der Waals surface area contributed by atoms with E-state index in [2.05, 4.69) is 26.2 Å². The summed E-state index contributed by atoms with van der Waals surface area (Å²) in [5.74, 6) is 2.15. The van der Waals surface area contributed by atoms with Gasteiger partial charge in [0.15, 0.2) is 5.82 Å². The first-order valence-electron chi connectivity index (χ1n) is 8.68. The Balaban J connectivity index is 1.77. The number of nitrogens with zero attached hydrogens (tertiary/aromatic N) is 3. The molecule has 5 nitrogen and oxygen atoms in total. The van der Waals surface area contributed by atoms with Crippen molar-refractivity contribution in [2.75, 3.05) is 12.4 Å². The fraction of sp³-hybridized carbons (Fsp3) is 0.0455. The van der Waals surface area contributed by atoms with Gasteiger partial charge in [-0.05, 0) is 46.3 Å². The van der Waals surface area contributed by atoms with Crippen molar-refractivity contribution in [3.05, 3.63) is 83.6 Å². The van der Waals surface area contributed by atoms with E-state index in [0.29, 0.717) is 11.6 Å². The Bertz CT molecular complexity index is 1090. The van der Waals surface area contributed by atoms with E-state index in [9.17, 15) is 0 Å². The maximum atomic E-state index is 5.22. The summed E-state index contributed by atoms with van der Waals surface area (Å²) in [5, 5.41) is 3.35. The summed E-state index contributed by atoms with van der Waals surface area (Å²) in [5.41, 5.74) is 3.56. The van der Waals surface area contributed by atoms with Gasteiger partial charge in [-0.25, -0.2) is 9.97 Å². The molecule has 2 aromatic carbocycles. The molecule has 0 saturated heterocycles. The Morgan fingerprint density at radius 3 is 2.36 bits per heavy atom. The number of pyridine rings is 1. The predicted octanol–water partition coefficient (Wildman–Crippen LogP) is 5.72. The normalized spacial score (nSPS) is 10.5. The molecule has 0 spiro atoms. The summed E-state index contributed by atoms with van der Waals surface area (Å²) in [4.78, 5) is 13.7. The molecule has 0 aliphatic heterocycles. The van der Waals surface area contributed by atoms with Crippen LogP contribution in [-0.2, 0) is 0 Å². The largest absolute Gasteiger partial charge is 0.497 e. The lowest BCUT2D eigenvalue weighted by atomic mass is 10.1. The van der Waals surface area contributed by atoms with Crippen LogP contribution >= 0.6 is 15.9 Å². The van der Waals surface area contributed by atoms with Crippen molar-refractivity contribution in [2.45, 2.75) is 0 Å². The molecule has 0 fully saturated rings. The van der Waals surface area contributed by atoms with Gasteiger partial charge in [0.05, 0.1) is 12.8 Å². The molecule has 2 aromatic heterocycles. The first-order valence-corrected chi connectivity index (χ1v) is 9.47. The SMILES string of the molecule is COc1ccc(Nc2cc(-c3cncc(Br)c3)nc(-c3ccccc3)n2)cc1. The highest BCUT2D eigenvalue weighted by molar-refractivity contribution is 9.10. The predicted molar refractivity (Wildman–Crippen MR) is 115 cm³/mol. The lowest BCUT2D eigenvalue weighted by Gasteiger charge is -2.11. The Labute approximate surface area is 171 Å². The summed E-state index contributed by atoms with van der Waals surface area (Å²) in [7, 11) is 1.65. The van der Waals surface area contributed by atoms with Gasteiger partial charge in [-0.15, -0.1) is 0 Å². The number of ether oxygens (including phenoxy) is 1. The topological polar surface area (TPSA) is 59.9 Å². The fourth-order valence-electron chi connectivity index (χ4n) is 2.75. The number of hydrogen-bond acceptors (Lipinski definition) is 5. The second-order valence-corrected chi connectivity index (χ2v) is 6.99. The highest BCUT2D eigenvalue weighted by Gasteiger charge is 2.10. The van der Waals surface area contributed by atoms with Crippen molar-refractivity contribution in [1.29, 1.82) is 0 Å². The number of halogens is 1. The molecular weight excluding hydrogens is 416 g/mol. The van der Waals surface area contributed by atoms with Crippen LogP contribution in [0.15, 0.2) is 83.6 Å². The molecule has 28 heavy (non-hydrogen) atoms. The molecule has 138 valence electrons. The summed E-state index contributed by atoms with van der Waals surface area (Å²) >= 11 is 3.48. The molecule has 0 aliphatic carbocycles. The van der Waals surface area contributed by atoms with Crippen molar-refractivity contribution in [1.82, 2.24) is 15.0 Å². The molecule has 6 heteroatoms. The molecule has 2 heterocycles. The minimum Gasteiger partial charge on any atom is -0.497 e. The van der Waals surface area contributed by atoms with Gasteiger partial charge in [-0.3, -0.25) is 4.98 Å². The molecular formula is C22H17BrN4O. The van der Waals surface area contributed by atoms with Crippen LogP contribution in [-0.4, -0.2) is 22.1 Å². The fourth-order valence-corrected chi connectivity index (χ4v) is 3.11. The lowest BCUT2D eigenvalue weighted by molar-refractivity contribution is 0.415. The number of benzene rings is 2. The number of aromatic nitrogens is 3. The molecule has 0 unspecified atom stereocenters. The monoisotopic (exact) mass is 432 g/mol. The highest BCUT2D eigenvalue weighted by atomic mass is 79.9. The van der Waals surface area contributed by atoms with E-state index in [1.54, 1.807) is 19.5 Å². The molecule has 4 rings (SSSR count). The smallest absolute Gasteiger partial charge is 0.162 e. The van der Waals surface area contributed by atoms with Crippen LogP contribution in [0, 0.1) is 0 Å². The van der Waals surface area contributed by atoms with Gasteiger partial charge >= 0.3 is 0 Å². The quantitative estimate of drug-likeness (QED) is 0.436. The summed E-state index contributed by atoms with van der Waals surface area (Å²) in [6, 6.07) is 21.5. The molecule has 1 N–H and O–H groups in total. The van der Waals surface area contributed by atoms with Gasteiger partial charge in [0, 0.05) is 39.7 Å². The average Bonchev–Trinajstić information content (AvgIpc) is 2.75. The van der Waals surface area contributed by atoms with Gasteiger partial charge in [0.1, 0.15) is 11.6 Å². The first kappa shape index (κ1) is 18.1. The molecule has 0 saturated carbocycles. The minimum absolute atomic E-state index is 0.647. The Kier molecular flexibility index (Phi) is 5.30. The lowest BCUT2D eigenvalue weighted by Crippen LogP contribution is -1.99. The highest BCUT2D eigenvalue weighted by Crippen LogP contribution is 2.27. The Morgan fingerprint density at radius 1 is 0.857 bits per heavy atom. The van der Waals surface area contributed by atoms with Crippen LogP contribution in [0.5, 0.6) is 5.75 Å². The van der Waals surface area contributed by atoms with E-state index in [0.717, 1.165) is 32.7 Å². The van der Waals surface area contributed by atoms with Crippen LogP contribution in [0.3, 0.4) is 0 Å². The van der Waals surface area contributed by atoms with E-state index in [1.165, 1.54) is 0 Å². The van der Waals surface area contributed by atoms with Gasteiger partial charge in [-0.1, -0.05) is 30.3 Å². The van der Waals surface area contributed by atoms with Crippen molar-refractivity contribution >= 4 is 27.4 Å². The third-order valence-electron chi connectivity index (χ3n) is 4.12. The van der Waals surface area contributed by atoms with Crippen molar-refractivity contribution in [3.63, 3.8) is 0 Å². The van der Waals surface area contributed by atoms with Crippen LogP contribution < -0.4 is 10.1 Å². The van der Waals surface area contributed by atoms with Crippen LogP contribution in [0.4, 0.5) is 11.5 Å². The molecule has 0 aliphatic rings. The standard InChI is InChI=1S/C22H17BrN4O/c1-28-19-9-7-18(8-10-19)25-21-12-20(16-11-17(23)14-24-13-16)26-22(27-21)15-5-3-2-4-6-15/h2-14H,1H3,(H,25,26,27). The van der Waals surface area contributed by atoms with Crippen LogP contribution in [0.25, 0.3) is 22.6 Å².